The predicted molar refractivity (Wildman–Crippen MR) is 80.9 cm³/mol. The number of amides is 2. The van der Waals surface area contributed by atoms with Crippen molar-refractivity contribution in [2.45, 2.75) is 63.3 Å². The molecule has 2 aliphatic rings. The third-order valence-corrected chi connectivity index (χ3v) is 4.67. The third kappa shape index (κ3) is 4.19. The van der Waals surface area contributed by atoms with Crippen molar-refractivity contribution in [1.29, 1.82) is 0 Å². The molecule has 120 valence electrons. The van der Waals surface area contributed by atoms with Gasteiger partial charge in [0.25, 0.3) is 0 Å². The van der Waals surface area contributed by atoms with Gasteiger partial charge in [0.15, 0.2) is 0 Å². The zero-order chi connectivity index (χ0) is 15.1. The highest BCUT2D eigenvalue weighted by atomic mass is 16.5. The molecule has 0 aromatic heterocycles. The van der Waals surface area contributed by atoms with Crippen LogP contribution in [0.25, 0.3) is 0 Å². The standard InChI is InChI=1S/C16H28N2O3/c1-21-13-7-3-6-11-18-12-8-14(19)17-16(15(18)20)9-4-2-5-10-16/h2-13H2,1H3,(H,17,19). The minimum atomic E-state index is -0.599. The fraction of sp³-hybridized carbons (Fsp3) is 0.875. The largest absolute Gasteiger partial charge is 0.385 e. The van der Waals surface area contributed by atoms with Crippen molar-refractivity contribution in [1.82, 2.24) is 10.2 Å². The van der Waals surface area contributed by atoms with Gasteiger partial charge in [0.1, 0.15) is 5.54 Å². The number of unbranched alkanes of at least 4 members (excludes halogenated alkanes) is 2. The summed E-state index contributed by atoms with van der Waals surface area (Å²) in [5, 5.41) is 3.03. The quantitative estimate of drug-likeness (QED) is 0.761. The van der Waals surface area contributed by atoms with Crippen LogP contribution >= 0.6 is 0 Å². The van der Waals surface area contributed by atoms with Gasteiger partial charge in [-0.2, -0.15) is 0 Å². The van der Waals surface area contributed by atoms with E-state index in [1.165, 1.54) is 6.42 Å². The first-order valence-corrected chi connectivity index (χ1v) is 8.27. The molecular weight excluding hydrogens is 268 g/mol. The molecule has 2 rings (SSSR count). The molecule has 5 nitrogen and oxygen atoms in total. The summed E-state index contributed by atoms with van der Waals surface area (Å²) in [7, 11) is 1.71. The molecule has 0 radical (unpaired) electrons. The summed E-state index contributed by atoms with van der Waals surface area (Å²) in [4.78, 5) is 26.7. The Morgan fingerprint density at radius 3 is 2.62 bits per heavy atom. The van der Waals surface area contributed by atoms with Crippen LogP contribution in [-0.4, -0.2) is 49.1 Å². The van der Waals surface area contributed by atoms with Gasteiger partial charge < -0.3 is 15.0 Å². The second-order valence-corrected chi connectivity index (χ2v) is 6.29. The molecule has 0 aromatic rings. The minimum absolute atomic E-state index is 0.0344. The number of rotatable bonds is 6. The summed E-state index contributed by atoms with van der Waals surface area (Å²) < 4.78 is 5.04. The smallest absolute Gasteiger partial charge is 0.248 e. The average Bonchev–Trinajstić information content (AvgIpc) is 2.60. The molecule has 1 heterocycles. The number of carbonyl (C=O) groups is 2. The van der Waals surface area contributed by atoms with Crippen molar-refractivity contribution in [2.24, 2.45) is 0 Å². The Bertz CT molecular complexity index is 365. The van der Waals surface area contributed by atoms with Crippen molar-refractivity contribution >= 4 is 11.8 Å². The Kier molecular flexibility index (Phi) is 6.03. The van der Waals surface area contributed by atoms with Gasteiger partial charge in [-0.05, 0) is 32.1 Å². The Morgan fingerprint density at radius 2 is 1.90 bits per heavy atom. The Morgan fingerprint density at radius 1 is 1.14 bits per heavy atom. The van der Waals surface area contributed by atoms with E-state index in [0.29, 0.717) is 13.0 Å². The maximum Gasteiger partial charge on any atom is 0.248 e. The van der Waals surface area contributed by atoms with Crippen molar-refractivity contribution < 1.29 is 14.3 Å². The lowest BCUT2D eigenvalue weighted by molar-refractivity contribution is -0.140. The van der Waals surface area contributed by atoms with E-state index in [4.69, 9.17) is 4.74 Å². The second kappa shape index (κ2) is 7.78. The van der Waals surface area contributed by atoms with E-state index in [0.717, 1.165) is 58.1 Å². The monoisotopic (exact) mass is 296 g/mol. The molecule has 0 unspecified atom stereocenters. The summed E-state index contributed by atoms with van der Waals surface area (Å²) in [5.74, 6) is 0.187. The van der Waals surface area contributed by atoms with Crippen molar-refractivity contribution in [3.05, 3.63) is 0 Å². The first-order valence-electron chi connectivity index (χ1n) is 8.27. The van der Waals surface area contributed by atoms with Gasteiger partial charge in [-0.1, -0.05) is 19.3 Å². The lowest BCUT2D eigenvalue weighted by atomic mass is 9.80. The molecule has 2 amide bonds. The van der Waals surface area contributed by atoms with E-state index >= 15 is 0 Å². The van der Waals surface area contributed by atoms with Gasteiger partial charge in [0, 0.05) is 33.2 Å². The SMILES string of the molecule is COCCCCCN1CCC(=O)NC2(CCCCC2)C1=O. The van der Waals surface area contributed by atoms with E-state index < -0.39 is 5.54 Å². The molecule has 0 atom stereocenters. The lowest BCUT2D eigenvalue weighted by Gasteiger charge is -2.38. The van der Waals surface area contributed by atoms with Gasteiger partial charge in [-0.25, -0.2) is 0 Å². The number of hydrogen-bond donors (Lipinski definition) is 1. The molecule has 1 aliphatic carbocycles. The highest BCUT2D eigenvalue weighted by Crippen LogP contribution is 2.31. The first-order chi connectivity index (χ1) is 10.2. The topological polar surface area (TPSA) is 58.6 Å². The van der Waals surface area contributed by atoms with Gasteiger partial charge >= 0.3 is 0 Å². The Balaban J connectivity index is 1.93. The van der Waals surface area contributed by atoms with Gasteiger partial charge in [0.2, 0.25) is 11.8 Å². The van der Waals surface area contributed by atoms with Crippen molar-refractivity contribution in [3.63, 3.8) is 0 Å². The van der Waals surface area contributed by atoms with Crippen LogP contribution in [-0.2, 0) is 14.3 Å². The van der Waals surface area contributed by atoms with E-state index in [2.05, 4.69) is 5.32 Å². The van der Waals surface area contributed by atoms with Crippen molar-refractivity contribution in [3.8, 4) is 0 Å². The third-order valence-electron chi connectivity index (χ3n) is 4.67. The fourth-order valence-electron chi connectivity index (χ4n) is 3.46. The Hall–Kier alpha value is -1.10. The predicted octanol–water partition coefficient (Wildman–Crippen LogP) is 1.85. The van der Waals surface area contributed by atoms with Crippen LogP contribution in [0, 0.1) is 0 Å². The van der Waals surface area contributed by atoms with E-state index in [1.807, 2.05) is 4.90 Å². The Labute approximate surface area is 127 Å². The van der Waals surface area contributed by atoms with Gasteiger partial charge in [-0.15, -0.1) is 0 Å². The number of ether oxygens (including phenoxy) is 1. The van der Waals surface area contributed by atoms with Crippen LogP contribution in [0.1, 0.15) is 57.8 Å². The highest BCUT2D eigenvalue weighted by Gasteiger charge is 2.44. The lowest BCUT2D eigenvalue weighted by Crippen LogP contribution is -2.58. The molecule has 1 aliphatic heterocycles. The maximum absolute atomic E-state index is 12.9. The van der Waals surface area contributed by atoms with Gasteiger partial charge in [-0.3, -0.25) is 9.59 Å². The molecule has 0 aromatic carbocycles. The number of nitrogens with zero attached hydrogens (tertiary/aromatic N) is 1. The van der Waals surface area contributed by atoms with E-state index in [-0.39, 0.29) is 11.8 Å². The molecule has 1 saturated carbocycles. The molecule has 1 spiro atoms. The maximum atomic E-state index is 12.9. The highest BCUT2D eigenvalue weighted by molar-refractivity contribution is 5.93. The number of nitrogens with one attached hydrogen (secondary N) is 1. The molecule has 2 fully saturated rings. The van der Waals surface area contributed by atoms with Crippen LogP contribution in [0.4, 0.5) is 0 Å². The van der Waals surface area contributed by atoms with Crippen LogP contribution in [0.2, 0.25) is 0 Å². The number of methoxy groups -OCH3 is 1. The summed E-state index contributed by atoms with van der Waals surface area (Å²) in [6, 6.07) is 0. The normalized spacial score (nSPS) is 22.2. The van der Waals surface area contributed by atoms with E-state index in [9.17, 15) is 9.59 Å². The summed E-state index contributed by atoms with van der Waals surface area (Å²) in [6.45, 7) is 2.11. The van der Waals surface area contributed by atoms with Crippen molar-refractivity contribution in [2.75, 3.05) is 26.8 Å². The zero-order valence-electron chi connectivity index (χ0n) is 13.2. The first kappa shape index (κ1) is 16.3. The zero-order valence-corrected chi connectivity index (χ0v) is 13.2. The second-order valence-electron chi connectivity index (χ2n) is 6.29. The van der Waals surface area contributed by atoms with Crippen LogP contribution in [0.3, 0.4) is 0 Å². The number of carbonyl (C=O) groups excluding carboxylic acids is 2. The minimum Gasteiger partial charge on any atom is -0.385 e. The average molecular weight is 296 g/mol. The summed E-state index contributed by atoms with van der Waals surface area (Å²) in [5.41, 5.74) is -0.599. The van der Waals surface area contributed by atoms with Crippen LogP contribution in [0.5, 0.6) is 0 Å². The summed E-state index contributed by atoms with van der Waals surface area (Å²) in [6.07, 6.45) is 8.36. The molecular formula is C16H28N2O3. The molecule has 1 N–H and O–H groups in total. The molecule has 1 saturated heterocycles. The molecule has 21 heavy (non-hydrogen) atoms. The van der Waals surface area contributed by atoms with Crippen LogP contribution < -0.4 is 5.32 Å². The molecule has 5 heteroatoms. The van der Waals surface area contributed by atoms with E-state index in [1.54, 1.807) is 7.11 Å². The van der Waals surface area contributed by atoms with Gasteiger partial charge in [0.05, 0.1) is 0 Å². The molecule has 0 bridgehead atoms. The van der Waals surface area contributed by atoms with Crippen LogP contribution in [0.15, 0.2) is 0 Å². The fourth-order valence-corrected chi connectivity index (χ4v) is 3.46. The summed E-state index contributed by atoms with van der Waals surface area (Å²) >= 11 is 0. The number of hydrogen-bond acceptors (Lipinski definition) is 3.